The zero-order chi connectivity index (χ0) is 82.3. The molecule has 3 aliphatic heterocycles. The van der Waals surface area contributed by atoms with E-state index in [-0.39, 0.29) is 34.3 Å². The average molecular weight is 1590 g/mol. The van der Waals surface area contributed by atoms with Crippen LogP contribution in [0, 0.1) is 35.5 Å². The monoisotopic (exact) mass is 1590 g/mol. The molecule has 120 heavy (non-hydrogen) atoms. The minimum Gasteiger partial charge on any atom is -0.487 e. The molecule has 6 heterocycles. The molecular formula is C107H107N7O6. The highest BCUT2D eigenvalue weighted by atomic mass is 16.5. The van der Waals surface area contributed by atoms with E-state index in [4.69, 9.17) is 44.1 Å². The Hall–Kier alpha value is -11.6. The predicted molar refractivity (Wildman–Crippen MR) is 485 cm³/mol. The van der Waals surface area contributed by atoms with Gasteiger partial charge in [-0.15, -0.1) is 0 Å². The number of fused-ring (bicyclic) bond motifs is 27. The summed E-state index contributed by atoms with van der Waals surface area (Å²) in [6.07, 6.45) is 15.9. The second-order valence-corrected chi connectivity index (χ2v) is 37.3. The van der Waals surface area contributed by atoms with Gasteiger partial charge in [0.2, 0.25) is 0 Å². The van der Waals surface area contributed by atoms with Gasteiger partial charge < -0.3 is 19.5 Å². The molecule has 0 bridgehead atoms. The molecule has 1 amide bonds. The van der Waals surface area contributed by atoms with Crippen LogP contribution in [0.15, 0.2) is 218 Å². The topological polar surface area (TPSA) is 168 Å². The van der Waals surface area contributed by atoms with Gasteiger partial charge in [-0.05, 0) is 219 Å². The Morgan fingerprint density at radius 1 is 0.333 bits per heavy atom. The molecule has 3 fully saturated rings. The molecule has 1 N–H and O–H groups in total. The number of ether oxygens (including phenoxy) is 3. The molecular weight excluding hydrogens is 1480 g/mol. The van der Waals surface area contributed by atoms with Gasteiger partial charge in [-0.1, -0.05) is 204 Å². The number of nitrogens with one attached hydrogen (secondary N) is 1. The third kappa shape index (κ3) is 14.8. The molecule has 0 radical (unpaired) electrons. The summed E-state index contributed by atoms with van der Waals surface area (Å²) >= 11 is 0. The number of ketones is 2. The summed E-state index contributed by atoms with van der Waals surface area (Å²) in [5.74, 6) is 7.66. The summed E-state index contributed by atoms with van der Waals surface area (Å²) in [7, 11) is 0. The minimum absolute atomic E-state index is 0.0912. The number of aromatic nitrogens is 6. The van der Waals surface area contributed by atoms with Crippen LogP contribution in [0.25, 0.3) is 98.5 Å². The van der Waals surface area contributed by atoms with E-state index in [1.54, 1.807) is 0 Å². The summed E-state index contributed by atoms with van der Waals surface area (Å²) in [6, 6.07) is 73.5. The van der Waals surface area contributed by atoms with Crippen molar-refractivity contribution in [3.63, 3.8) is 0 Å². The molecule has 9 atom stereocenters. The number of aryl methyl sites for hydroxylation is 2. The van der Waals surface area contributed by atoms with Crippen LogP contribution in [-0.2, 0) is 19.3 Å². The van der Waals surface area contributed by atoms with Crippen LogP contribution in [-0.4, -0.2) is 70.7 Å². The normalized spacial score (nSPS) is 21.6. The van der Waals surface area contributed by atoms with Crippen LogP contribution in [0.5, 0.6) is 17.2 Å². The number of Topliss-reactive ketones (excluding diaryl/α,β-unsaturated/α-hetero) is 2. The van der Waals surface area contributed by atoms with Gasteiger partial charge in [0.1, 0.15) is 34.1 Å². The third-order valence-electron chi connectivity index (χ3n) is 27.9. The van der Waals surface area contributed by atoms with Crippen molar-refractivity contribution in [1.29, 1.82) is 0 Å². The summed E-state index contributed by atoms with van der Waals surface area (Å²) < 4.78 is 20.6. The zero-order valence-electron chi connectivity index (χ0n) is 70.6. The van der Waals surface area contributed by atoms with Gasteiger partial charge in [0, 0.05) is 103 Å². The molecule has 0 saturated heterocycles. The van der Waals surface area contributed by atoms with Gasteiger partial charge >= 0.3 is 0 Å². The summed E-state index contributed by atoms with van der Waals surface area (Å²) in [5.41, 5.74) is 19.1. The Bertz CT molecular complexity index is 6260. The van der Waals surface area contributed by atoms with Crippen LogP contribution in [0.2, 0.25) is 0 Å². The van der Waals surface area contributed by atoms with Crippen LogP contribution >= 0.6 is 0 Å². The van der Waals surface area contributed by atoms with Crippen LogP contribution in [0.4, 0.5) is 0 Å². The molecule has 606 valence electrons. The van der Waals surface area contributed by atoms with Crippen molar-refractivity contribution in [2.75, 3.05) is 6.54 Å². The Morgan fingerprint density at radius 2 is 0.625 bits per heavy atom. The number of amides is 1. The standard InChI is InChI=1S/2C36H36N2O2.C35H35N3O2/c2*1-22-16-18-28-27(20-22)32-34-33(25-13-7-8-14-26(25)35(32)40-36(28,2)3)38-30-21-24(17-19-29(30)37-34)31(39)15-9-12-23-10-5-4-6-11-23;1-21-13-15-27-26(19-21)30-32-31(24-11-7-8-12-25(24)33(30)40-35(27,2)3)37-28-16-14-23(20-29(28)38-32)34(39)36-18-17-22-9-5-4-6-10-22/h2*4-8,10-11,13-14,17,19,21-22,27-28H,9,12,15-16,18,20H2,1-3H3;4-12,14,16,20-21,26-27H,13,15,17-19H2,1-3H3,(H,36,39)/t2*22-,27-,28-;21-,26-,27-/m100/s1. The van der Waals surface area contributed by atoms with Crippen molar-refractivity contribution >= 4 is 116 Å². The number of hydrogen-bond acceptors (Lipinski definition) is 12. The van der Waals surface area contributed by atoms with Gasteiger partial charge in [0.15, 0.2) is 11.6 Å². The molecule has 3 saturated carbocycles. The number of carbonyl (C=O) groups excluding carboxylic acids is 3. The molecule has 12 aromatic carbocycles. The van der Waals surface area contributed by atoms with Crippen molar-refractivity contribution in [3.8, 4) is 17.2 Å². The molecule has 21 rings (SSSR count). The fourth-order valence-electron chi connectivity index (χ4n) is 21.7. The fourth-order valence-corrected chi connectivity index (χ4v) is 21.7. The van der Waals surface area contributed by atoms with Gasteiger partial charge in [-0.25, -0.2) is 29.9 Å². The second-order valence-electron chi connectivity index (χ2n) is 37.3. The minimum atomic E-state index is -0.246. The van der Waals surface area contributed by atoms with E-state index in [1.807, 2.05) is 109 Å². The highest BCUT2D eigenvalue weighted by molar-refractivity contribution is 6.14. The van der Waals surface area contributed by atoms with Gasteiger partial charge in [0.25, 0.3) is 5.91 Å². The first-order valence-electron chi connectivity index (χ1n) is 44.2. The number of rotatable bonds is 14. The number of carbonyl (C=O) groups is 3. The first kappa shape index (κ1) is 78.3. The van der Waals surface area contributed by atoms with Crippen molar-refractivity contribution in [2.24, 2.45) is 35.5 Å². The molecule has 13 nitrogen and oxygen atoms in total. The Balaban J connectivity index is 0.000000119. The molecule has 6 aliphatic rings. The highest BCUT2D eigenvalue weighted by Gasteiger charge is 2.51. The second kappa shape index (κ2) is 31.9. The number of hydrogen-bond donors (Lipinski definition) is 1. The lowest BCUT2D eigenvalue weighted by atomic mass is 9.64. The molecule has 15 aromatic rings. The third-order valence-corrected chi connectivity index (χ3v) is 27.9. The first-order chi connectivity index (χ1) is 58.2. The van der Waals surface area contributed by atoms with Crippen LogP contribution in [0.1, 0.15) is 228 Å². The zero-order valence-corrected chi connectivity index (χ0v) is 70.6. The fraction of sp³-hybridized carbons (Fsp3) is 0.355. The van der Waals surface area contributed by atoms with E-state index in [9.17, 15) is 14.4 Å². The lowest BCUT2D eigenvalue weighted by Crippen LogP contribution is -2.46. The maximum absolute atomic E-state index is 13.1. The van der Waals surface area contributed by atoms with Gasteiger partial charge in [-0.2, -0.15) is 0 Å². The van der Waals surface area contributed by atoms with Crippen molar-refractivity contribution in [3.05, 3.63) is 268 Å². The quantitative estimate of drug-likeness (QED) is 0.0622. The van der Waals surface area contributed by atoms with Crippen LogP contribution in [0.3, 0.4) is 0 Å². The lowest BCUT2D eigenvalue weighted by Gasteiger charge is -2.49. The maximum Gasteiger partial charge on any atom is 0.251 e. The van der Waals surface area contributed by atoms with Crippen molar-refractivity contribution < 1.29 is 28.6 Å². The van der Waals surface area contributed by atoms with Crippen molar-refractivity contribution in [2.45, 2.75) is 200 Å². The van der Waals surface area contributed by atoms with Crippen molar-refractivity contribution in [1.82, 2.24) is 35.2 Å². The lowest BCUT2D eigenvalue weighted by molar-refractivity contribution is -0.0118. The van der Waals surface area contributed by atoms with E-state index < -0.39 is 0 Å². The molecule has 0 spiro atoms. The Morgan fingerprint density at radius 3 is 0.983 bits per heavy atom. The Kier molecular flexibility index (Phi) is 20.8. The molecule has 0 unspecified atom stereocenters. The van der Waals surface area contributed by atoms with E-state index in [1.165, 1.54) is 65.5 Å². The maximum atomic E-state index is 13.1. The first-order valence-corrected chi connectivity index (χ1v) is 44.2. The number of benzene rings is 12. The van der Waals surface area contributed by atoms with E-state index in [0.717, 1.165) is 174 Å². The summed E-state index contributed by atoms with van der Waals surface area (Å²) in [4.78, 5) is 70.7. The SMILES string of the molecule is C[C@@H]1CC[C@@H]2[C@@H](C1)c1c(c3ccccc3c3nc4cc(C(=O)CCCc5ccccc5)ccc4nc13)OC2(C)C.C[C@H]1CC[C@H]2[C@H](C1)c1c(c3ccccc3c3nc4cc(C(=O)CCCc5ccccc5)ccc4nc13)OC2(C)C.C[C@H]1CC[C@H]2[C@H](C1)c1c(c3ccccc3c3nc4ccc(C(=O)NCCc5ccccc5)cc4nc13)OC2(C)C. The summed E-state index contributed by atoms with van der Waals surface area (Å²) in [6.45, 7) is 21.2. The van der Waals surface area contributed by atoms with Gasteiger partial charge in [0.05, 0.1) is 66.2 Å². The largest absolute Gasteiger partial charge is 0.487 e. The molecule has 3 aromatic heterocycles. The molecule has 3 aliphatic carbocycles. The highest BCUT2D eigenvalue weighted by Crippen LogP contribution is 2.60. The summed E-state index contributed by atoms with van der Waals surface area (Å²) in [5, 5.41) is 9.57. The van der Waals surface area contributed by atoms with E-state index in [2.05, 4.69) is 177 Å². The number of nitrogens with zero attached hydrogens (tertiary/aromatic N) is 6. The van der Waals surface area contributed by atoms with E-state index >= 15 is 0 Å². The Labute approximate surface area is 702 Å². The average Bonchev–Trinajstić information content (AvgIpc) is 0.719. The van der Waals surface area contributed by atoms with Gasteiger partial charge in [-0.3, -0.25) is 14.4 Å². The van der Waals surface area contributed by atoms with Crippen LogP contribution < -0.4 is 19.5 Å². The van der Waals surface area contributed by atoms with E-state index in [0.29, 0.717) is 89.3 Å². The smallest absolute Gasteiger partial charge is 0.251 e. The predicted octanol–water partition coefficient (Wildman–Crippen LogP) is 25.3. The molecule has 13 heteroatoms.